The van der Waals surface area contributed by atoms with E-state index in [2.05, 4.69) is 5.32 Å². The first-order chi connectivity index (χ1) is 10.1. The van der Waals surface area contributed by atoms with Crippen LogP contribution in [0.1, 0.15) is 23.2 Å². The minimum Gasteiger partial charge on any atom is -0.426 e. The number of likely N-dealkylation sites (tertiary alicyclic amines) is 1. The van der Waals surface area contributed by atoms with Gasteiger partial charge in [-0.2, -0.15) is 0 Å². The fraction of sp³-hybridized carbons (Fsp3) is 0.429. The largest absolute Gasteiger partial charge is 0.475 e. The number of nitrogens with one attached hydrogen (secondary N) is 1. The zero-order valence-electron chi connectivity index (χ0n) is 11.7. The van der Waals surface area contributed by atoms with E-state index in [9.17, 15) is 19.6 Å². The van der Waals surface area contributed by atoms with E-state index in [1.54, 1.807) is 24.3 Å². The van der Waals surface area contributed by atoms with Gasteiger partial charge in [-0.3, -0.25) is 9.59 Å². The van der Waals surface area contributed by atoms with E-state index >= 15 is 0 Å². The number of hydrogen-bond acceptors (Lipinski definition) is 5. The highest BCUT2D eigenvalue weighted by Crippen LogP contribution is 2.17. The SMILES string of the molecule is O=C(CNCC(=O)N1CCCC1B(O)O)c1ccccc1. The Kier molecular flexibility index (Phi) is 5.49. The van der Waals surface area contributed by atoms with Gasteiger partial charge in [0.2, 0.25) is 5.91 Å². The van der Waals surface area contributed by atoms with Crippen molar-refractivity contribution >= 4 is 18.8 Å². The molecule has 1 unspecified atom stereocenters. The van der Waals surface area contributed by atoms with Gasteiger partial charge in [0, 0.05) is 12.1 Å². The molecule has 0 saturated carbocycles. The fourth-order valence-electron chi connectivity index (χ4n) is 2.52. The van der Waals surface area contributed by atoms with Crippen LogP contribution >= 0.6 is 0 Å². The van der Waals surface area contributed by atoms with E-state index in [1.807, 2.05) is 6.07 Å². The topological polar surface area (TPSA) is 89.9 Å². The first-order valence-corrected chi connectivity index (χ1v) is 7.04. The zero-order chi connectivity index (χ0) is 15.2. The van der Waals surface area contributed by atoms with Crippen LogP contribution in [0.15, 0.2) is 30.3 Å². The Labute approximate surface area is 123 Å². The second-order valence-corrected chi connectivity index (χ2v) is 5.10. The highest BCUT2D eigenvalue weighted by Gasteiger charge is 2.36. The summed E-state index contributed by atoms with van der Waals surface area (Å²) >= 11 is 0. The van der Waals surface area contributed by atoms with Crippen LogP contribution < -0.4 is 5.32 Å². The predicted octanol–water partition coefficient (Wildman–Crippen LogP) is -0.538. The van der Waals surface area contributed by atoms with Crippen LogP contribution in [0.25, 0.3) is 0 Å². The van der Waals surface area contributed by atoms with Crippen molar-refractivity contribution < 1.29 is 19.6 Å². The highest BCUT2D eigenvalue weighted by molar-refractivity contribution is 6.43. The Hall–Kier alpha value is -1.70. The van der Waals surface area contributed by atoms with E-state index in [4.69, 9.17) is 0 Å². The summed E-state index contributed by atoms with van der Waals surface area (Å²) < 4.78 is 0. The van der Waals surface area contributed by atoms with E-state index in [0.717, 1.165) is 6.42 Å². The van der Waals surface area contributed by atoms with Gasteiger partial charge in [0.25, 0.3) is 0 Å². The quantitative estimate of drug-likeness (QED) is 0.484. The summed E-state index contributed by atoms with van der Waals surface area (Å²) in [5.74, 6) is -0.834. The van der Waals surface area contributed by atoms with E-state index < -0.39 is 13.1 Å². The molecule has 1 aromatic carbocycles. The van der Waals surface area contributed by atoms with E-state index in [0.29, 0.717) is 18.5 Å². The van der Waals surface area contributed by atoms with Crippen LogP contribution in [0.4, 0.5) is 0 Å². The van der Waals surface area contributed by atoms with Gasteiger partial charge in [0.15, 0.2) is 5.78 Å². The van der Waals surface area contributed by atoms with E-state index in [-0.39, 0.29) is 24.8 Å². The molecule has 0 aliphatic carbocycles. The summed E-state index contributed by atoms with van der Waals surface area (Å²) in [6.45, 7) is 0.618. The number of benzene rings is 1. The Morgan fingerprint density at radius 1 is 1.24 bits per heavy atom. The van der Waals surface area contributed by atoms with Gasteiger partial charge < -0.3 is 20.3 Å². The molecule has 1 fully saturated rings. The lowest BCUT2D eigenvalue weighted by Gasteiger charge is -2.24. The lowest BCUT2D eigenvalue weighted by Crippen LogP contribution is -2.48. The molecule has 6 nitrogen and oxygen atoms in total. The second-order valence-electron chi connectivity index (χ2n) is 5.10. The monoisotopic (exact) mass is 290 g/mol. The number of carbonyl (C=O) groups is 2. The van der Waals surface area contributed by atoms with Gasteiger partial charge in [0.05, 0.1) is 19.0 Å². The first kappa shape index (κ1) is 15.7. The molecule has 21 heavy (non-hydrogen) atoms. The molecule has 1 heterocycles. The summed E-state index contributed by atoms with van der Waals surface area (Å²) in [6, 6.07) is 8.86. The maximum Gasteiger partial charge on any atom is 0.475 e. The van der Waals surface area contributed by atoms with Gasteiger partial charge in [-0.25, -0.2) is 0 Å². The van der Waals surface area contributed by atoms with Crippen molar-refractivity contribution in [1.82, 2.24) is 10.2 Å². The van der Waals surface area contributed by atoms with Crippen LogP contribution in [0, 0.1) is 0 Å². The van der Waals surface area contributed by atoms with Crippen molar-refractivity contribution in [1.29, 1.82) is 0 Å². The lowest BCUT2D eigenvalue weighted by molar-refractivity contribution is -0.130. The third-order valence-corrected chi connectivity index (χ3v) is 3.62. The third kappa shape index (κ3) is 4.14. The van der Waals surface area contributed by atoms with Crippen molar-refractivity contribution in [2.24, 2.45) is 0 Å². The number of ketones is 1. The van der Waals surface area contributed by atoms with Crippen LogP contribution in [-0.2, 0) is 4.79 Å². The average Bonchev–Trinajstić information content (AvgIpc) is 2.97. The first-order valence-electron chi connectivity index (χ1n) is 7.04. The molecule has 1 atom stereocenters. The summed E-state index contributed by atoms with van der Waals surface area (Å²) in [7, 11) is -1.51. The number of carbonyl (C=O) groups excluding carboxylic acids is 2. The van der Waals surface area contributed by atoms with Gasteiger partial charge in [0.1, 0.15) is 0 Å². The van der Waals surface area contributed by atoms with Crippen molar-refractivity contribution in [3.8, 4) is 0 Å². The van der Waals surface area contributed by atoms with Crippen LogP contribution in [-0.4, -0.2) is 59.3 Å². The van der Waals surface area contributed by atoms with Crippen LogP contribution in [0.5, 0.6) is 0 Å². The Balaban J connectivity index is 1.78. The van der Waals surface area contributed by atoms with Crippen molar-refractivity contribution in [3.05, 3.63) is 35.9 Å². The van der Waals surface area contributed by atoms with Gasteiger partial charge in [-0.05, 0) is 12.8 Å². The number of amides is 1. The van der Waals surface area contributed by atoms with Crippen molar-refractivity contribution in [2.75, 3.05) is 19.6 Å². The summed E-state index contributed by atoms with van der Waals surface area (Å²) in [4.78, 5) is 25.3. The summed E-state index contributed by atoms with van der Waals surface area (Å²) in [5, 5.41) is 21.3. The lowest BCUT2D eigenvalue weighted by atomic mass is 9.78. The van der Waals surface area contributed by atoms with Gasteiger partial charge in [-0.1, -0.05) is 30.3 Å². The molecule has 3 N–H and O–H groups in total. The molecule has 1 aromatic rings. The molecule has 1 aliphatic rings. The van der Waals surface area contributed by atoms with Crippen LogP contribution in [0.2, 0.25) is 0 Å². The number of hydrogen-bond donors (Lipinski definition) is 3. The molecule has 112 valence electrons. The molecule has 2 rings (SSSR count). The minimum absolute atomic E-state index is 0.0157. The Morgan fingerprint density at radius 2 is 1.95 bits per heavy atom. The number of rotatable bonds is 6. The van der Waals surface area contributed by atoms with Crippen molar-refractivity contribution in [3.63, 3.8) is 0 Å². The molecule has 0 aromatic heterocycles. The molecule has 1 aliphatic heterocycles. The summed E-state index contributed by atoms with van der Waals surface area (Å²) in [6.07, 6.45) is 1.35. The van der Waals surface area contributed by atoms with Crippen molar-refractivity contribution in [2.45, 2.75) is 18.8 Å². The van der Waals surface area contributed by atoms with Gasteiger partial charge in [-0.15, -0.1) is 0 Å². The van der Waals surface area contributed by atoms with E-state index in [1.165, 1.54) is 4.90 Å². The fourth-order valence-corrected chi connectivity index (χ4v) is 2.52. The molecule has 0 bridgehead atoms. The normalized spacial score (nSPS) is 17.8. The molecule has 7 heteroatoms. The maximum absolute atomic E-state index is 12.0. The number of nitrogens with zero attached hydrogens (tertiary/aromatic N) is 1. The minimum atomic E-state index is -1.51. The second kappa shape index (κ2) is 7.35. The maximum atomic E-state index is 12.0. The van der Waals surface area contributed by atoms with Gasteiger partial charge >= 0.3 is 7.12 Å². The molecule has 1 saturated heterocycles. The standard InChI is InChI=1S/C14H19BN2O4/c18-12(11-5-2-1-3-6-11)9-16-10-14(19)17-8-4-7-13(17)15(20)21/h1-3,5-6,13,16,20-21H,4,7-10H2. The average molecular weight is 290 g/mol. The zero-order valence-corrected chi connectivity index (χ0v) is 11.7. The highest BCUT2D eigenvalue weighted by atomic mass is 16.4. The molecular weight excluding hydrogens is 271 g/mol. The molecule has 1 amide bonds. The van der Waals surface area contributed by atoms with Crippen LogP contribution in [0.3, 0.4) is 0 Å². The molecule has 0 radical (unpaired) electrons. The predicted molar refractivity (Wildman–Crippen MR) is 78.6 cm³/mol. The summed E-state index contributed by atoms with van der Waals surface area (Å²) in [5.41, 5.74) is 0.599. The Bertz CT molecular complexity index is 495. The Morgan fingerprint density at radius 3 is 2.62 bits per heavy atom. The molecule has 0 spiro atoms. The number of Topliss-reactive ketones (excluding diaryl/α,β-unsaturated/α-hetero) is 1. The molecular formula is C14H19BN2O4. The third-order valence-electron chi connectivity index (χ3n) is 3.62. The smallest absolute Gasteiger partial charge is 0.426 e.